The topological polar surface area (TPSA) is 105 Å². The van der Waals surface area contributed by atoms with E-state index in [0.29, 0.717) is 29.5 Å². The van der Waals surface area contributed by atoms with Crippen LogP contribution in [0.4, 0.5) is 4.79 Å². The van der Waals surface area contributed by atoms with Gasteiger partial charge in [0, 0.05) is 11.1 Å². The molecule has 2 heterocycles. The quantitative estimate of drug-likeness (QED) is 0.427. The standard InChI is InChI=1S/C26H22N4O4/c1-26(15-14-17-8-4-2-5-9-17)24(32)30(25(33)27-26)28-23(31)19-12-13-21-20(16-19)22(34-29-21)18-10-6-3-7-11-18/h2-13,16H,14-15H2,1H3,(H,27,33)(H,28,31)/t26-/m1/s1. The highest BCUT2D eigenvalue weighted by atomic mass is 16.5. The number of hydrogen-bond donors (Lipinski definition) is 2. The summed E-state index contributed by atoms with van der Waals surface area (Å²) in [6.07, 6.45) is 1.01. The van der Waals surface area contributed by atoms with Gasteiger partial charge >= 0.3 is 6.03 Å². The van der Waals surface area contributed by atoms with Crippen molar-refractivity contribution in [2.75, 3.05) is 0 Å². The molecule has 1 aliphatic heterocycles. The number of nitrogens with one attached hydrogen (secondary N) is 2. The van der Waals surface area contributed by atoms with Crippen LogP contribution in [-0.2, 0) is 11.2 Å². The molecule has 0 saturated carbocycles. The molecule has 1 fully saturated rings. The number of hydrogen-bond acceptors (Lipinski definition) is 5. The van der Waals surface area contributed by atoms with Gasteiger partial charge in [-0.1, -0.05) is 65.8 Å². The second kappa shape index (κ2) is 8.47. The van der Waals surface area contributed by atoms with E-state index in [2.05, 4.69) is 15.9 Å². The number of carbonyl (C=O) groups is 3. The van der Waals surface area contributed by atoms with Gasteiger partial charge in [0.25, 0.3) is 11.8 Å². The van der Waals surface area contributed by atoms with Gasteiger partial charge in [-0.15, -0.1) is 0 Å². The van der Waals surface area contributed by atoms with Crippen LogP contribution in [0, 0.1) is 0 Å². The highest BCUT2D eigenvalue weighted by Crippen LogP contribution is 2.29. The van der Waals surface area contributed by atoms with E-state index in [-0.39, 0.29) is 5.56 Å². The number of carbonyl (C=O) groups excluding carboxylic acids is 3. The molecular formula is C26H22N4O4. The molecule has 4 amide bonds. The van der Waals surface area contributed by atoms with Crippen LogP contribution in [0.15, 0.2) is 83.4 Å². The zero-order valence-electron chi connectivity index (χ0n) is 18.4. The summed E-state index contributed by atoms with van der Waals surface area (Å²) < 4.78 is 5.48. The van der Waals surface area contributed by atoms with Gasteiger partial charge in [-0.25, -0.2) is 4.79 Å². The van der Waals surface area contributed by atoms with Gasteiger partial charge in [0.15, 0.2) is 5.76 Å². The number of amides is 4. The van der Waals surface area contributed by atoms with Crippen LogP contribution in [0.2, 0.25) is 0 Å². The van der Waals surface area contributed by atoms with E-state index in [4.69, 9.17) is 4.52 Å². The molecule has 1 atom stereocenters. The first-order chi connectivity index (χ1) is 16.4. The molecule has 2 N–H and O–H groups in total. The predicted molar refractivity (Wildman–Crippen MR) is 125 cm³/mol. The highest BCUT2D eigenvalue weighted by molar-refractivity contribution is 6.09. The number of aromatic nitrogens is 1. The molecule has 1 aliphatic rings. The maximum absolute atomic E-state index is 13.0. The number of urea groups is 1. The van der Waals surface area contributed by atoms with Crippen molar-refractivity contribution < 1.29 is 18.9 Å². The smallest absolute Gasteiger partial charge is 0.344 e. The van der Waals surface area contributed by atoms with Gasteiger partial charge in [0.05, 0.1) is 5.39 Å². The van der Waals surface area contributed by atoms with E-state index in [1.54, 1.807) is 25.1 Å². The number of fused-ring (bicyclic) bond motifs is 1. The second-order valence-electron chi connectivity index (χ2n) is 8.44. The van der Waals surface area contributed by atoms with Crippen molar-refractivity contribution in [3.05, 3.63) is 90.0 Å². The molecule has 0 aliphatic carbocycles. The molecule has 0 unspecified atom stereocenters. The molecule has 170 valence electrons. The van der Waals surface area contributed by atoms with Crippen molar-refractivity contribution >= 4 is 28.7 Å². The Balaban J connectivity index is 1.33. The number of rotatable bonds is 6. The zero-order chi connectivity index (χ0) is 23.7. The van der Waals surface area contributed by atoms with Crippen molar-refractivity contribution in [3.63, 3.8) is 0 Å². The number of benzene rings is 3. The average molecular weight is 454 g/mol. The second-order valence-corrected chi connectivity index (χ2v) is 8.44. The summed E-state index contributed by atoms with van der Waals surface area (Å²) in [4.78, 5) is 38.5. The molecule has 1 saturated heterocycles. The fraction of sp³-hybridized carbons (Fsp3) is 0.154. The third-order valence-electron chi connectivity index (χ3n) is 6.01. The Kier molecular flexibility index (Phi) is 5.33. The molecular weight excluding hydrogens is 432 g/mol. The lowest BCUT2D eigenvalue weighted by Gasteiger charge is -2.21. The van der Waals surface area contributed by atoms with E-state index < -0.39 is 23.4 Å². The normalized spacial score (nSPS) is 17.7. The Labute approximate surface area is 195 Å². The van der Waals surface area contributed by atoms with Crippen molar-refractivity contribution in [3.8, 4) is 11.3 Å². The summed E-state index contributed by atoms with van der Waals surface area (Å²) in [5.41, 5.74) is 4.08. The van der Waals surface area contributed by atoms with Crippen LogP contribution in [0.1, 0.15) is 29.3 Å². The van der Waals surface area contributed by atoms with Crippen LogP contribution in [-0.4, -0.2) is 33.5 Å². The van der Waals surface area contributed by atoms with Crippen molar-refractivity contribution in [2.45, 2.75) is 25.3 Å². The minimum absolute atomic E-state index is 0.270. The first-order valence-electron chi connectivity index (χ1n) is 10.9. The Bertz CT molecular complexity index is 1380. The number of imide groups is 1. The largest absolute Gasteiger partial charge is 0.355 e. The van der Waals surface area contributed by atoms with Gasteiger partial charge < -0.3 is 9.84 Å². The van der Waals surface area contributed by atoms with Crippen LogP contribution < -0.4 is 10.7 Å². The Morgan fingerprint density at radius 1 is 1.03 bits per heavy atom. The third kappa shape index (κ3) is 3.90. The molecule has 3 aromatic carbocycles. The minimum Gasteiger partial charge on any atom is -0.355 e. The molecule has 0 bridgehead atoms. The predicted octanol–water partition coefficient (Wildman–Crippen LogP) is 4.08. The van der Waals surface area contributed by atoms with Gasteiger partial charge in [0.2, 0.25) is 0 Å². The van der Waals surface area contributed by atoms with Crippen LogP contribution in [0.5, 0.6) is 0 Å². The number of hydrazine groups is 1. The van der Waals surface area contributed by atoms with Crippen molar-refractivity contribution in [1.82, 2.24) is 20.9 Å². The Hall–Kier alpha value is -4.46. The van der Waals surface area contributed by atoms with Crippen LogP contribution in [0.3, 0.4) is 0 Å². The summed E-state index contributed by atoms with van der Waals surface area (Å²) in [7, 11) is 0. The van der Waals surface area contributed by atoms with Gasteiger partial charge in [-0.3, -0.25) is 15.0 Å². The molecule has 8 nitrogen and oxygen atoms in total. The summed E-state index contributed by atoms with van der Waals surface area (Å²) in [6, 6.07) is 23.3. The van der Waals surface area contributed by atoms with E-state index in [1.165, 1.54) is 0 Å². The summed E-state index contributed by atoms with van der Waals surface area (Å²) in [6.45, 7) is 1.66. The van der Waals surface area contributed by atoms with Crippen LogP contribution >= 0.6 is 0 Å². The fourth-order valence-electron chi connectivity index (χ4n) is 4.04. The number of nitrogens with zero attached hydrogens (tertiary/aromatic N) is 2. The molecule has 1 aromatic heterocycles. The molecule has 0 spiro atoms. The summed E-state index contributed by atoms with van der Waals surface area (Å²) in [5.74, 6) is -0.551. The van der Waals surface area contributed by atoms with Crippen molar-refractivity contribution in [2.24, 2.45) is 0 Å². The first-order valence-corrected chi connectivity index (χ1v) is 10.9. The van der Waals surface area contributed by atoms with Gasteiger partial charge in [0.1, 0.15) is 11.1 Å². The maximum atomic E-state index is 13.0. The summed E-state index contributed by atoms with van der Waals surface area (Å²) >= 11 is 0. The van der Waals surface area contributed by atoms with E-state index in [1.807, 2.05) is 60.7 Å². The average Bonchev–Trinajstić information content (AvgIpc) is 3.38. The van der Waals surface area contributed by atoms with E-state index in [9.17, 15) is 14.4 Å². The van der Waals surface area contributed by atoms with Crippen LogP contribution in [0.25, 0.3) is 22.2 Å². The lowest BCUT2D eigenvalue weighted by atomic mass is 9.93. The molecule has 34 heavy (non-hydrogen) atoms. The number of aryl methyl sites for hydroxylation is 1. The monoisotopic (exact) mass is 454 g/mol. The summed E-state index contributed by atoms with van der Waals surface area (Å²) in [5, 5.41) is 8.17. The van der Waals surface area contributed by atoms with Crippen molar-refractivity contribution in [1.29, 1.82) is 0 Å². The third-order valence-corrected chi connectivity index (χ3v) is 6.01. The maximum Gasteiger partial charge on any atom is 0.344 e. The zero-order valence-corrected chi connectivity index (χ0v) is 18.4. The Morgan fingerprint density at radius 3 is 2.47 bits per heavy atom. The van der Waals surface area contributed by atoms with E-state index in [0.717, 1.165) is 16.1 Å². The molecule has 8 heteroatoms. The fourth-order valence-corrected chi connectivity index (χ4v) is 4.04. The minimum atomic E-state index is -1.11. The highest BCUT2D eigenvalue weighted by Gasteiger charge is 2.48. The lowest BCUT2D eigenvalue weighted by molar-refractivity contribution is -0.132. The molecule has 5 rings (SSSR count). The SMILES string of the molecule is C[C@]1(CCc2ccccc2)NC(=O)N(NC(=O)c2ccc3noc(-c4ccccc4)c3c2)C1=O. The molecule has 0 radical (unpaired) electrons. The Morgan fingerprint density at radius 2 is 1.74 bits per heavy atom. The molecule has 4 aromatic rings. The van der Waals surface area contributed by atoms with E-state index >= 15 is 0 Å². The lowest BCUT2D eigenvalue weighted by Crippen LogP contribution is -2.48. The first kappa shape index (κ1) is 21.4. The van der Waals surface area contributed by atoms with Gasteiger partial charge in [-0.05, 0) is 43.5 Å². The van der Waals surface area contributed by atoms with Gasteiger partial charge in [-0.2, -0.15) is 5.01 Å².